The number of anilines is 1. The molecular weight excluding hydrogens is 619 g/mol. The molecule has 6 bridgehead atoms. The Morgan fingerprint density at radius 3 is 2.94 bits per heavy atom. The molecule has 5 aliphatic heterocycles. The molecule has 5 aliphatic rings. The van der Waals surface area contributed by atoms with E-state index in [0.29, 0.717) is 36.2 Å². The lowest BCUT2D eigenvalue weighted by molar-refractivity contribution is -0.0575. The number of hydrogen-bond acceptors (Lipinski definition) is 11. The maximum atomic E-state index is 17.0. The first-order valence-electron chi connectivity index (χ1n) is 15.9. The molecule has 248 valence electrons. The number of ether oxygens (including phenoxy) is 4. The third-order valence-electron chi connectivity index (χ3n) is 9.77. The Balaban J connectivity index is 1.31. The van der Waals surface area contributed by atoms with E-state index in [-0.39, 0.29) is 79.5 Å². The van der Waals surface area contributed by atoms with E-state index >= 15 is 8.78 Å². The van der Waals surface area contributed by atoms with Crippen molar-refractivity contribution in [1.29, 1.82) is 0 Å². The zero-order valence-electron chi connectivity index (χ0n) is 25.9. The molecule has 3 atom stereocenters. The van der Waals surface area contributed by atoms with Crippen LogP contribution in [-0.4, -0.2) is 106 Å². The Morgan fingerprint density at radius 2 is 2.04 bits per heavy atom. The Labute approximate surface area is 267 Å². The summed E-state index contributed by atoms with van der Waals surface area (Å²) in [5.41, 5.74) is -1.03. The van der Waals surface area contributed by atoms with Crippen molar-refractivity contribution >= 4 is 33.8 Å². The molecule has 3 aromatic heterocycles. The van der Waals surface area contributed by atoms with Crippen molar-refractivity contribution in [3.63, 3.8) is 0 Å². The molecule has 0 spiro atoms. The van der Waals surface area contributed by atoms with Gasteiger partial charge in [-0.25, -0.2) is 18.0 Å². The van der Waals surface area contributed by atoms with E-state index in [9.17, 15) is 9.18 Å². The number of benzene rings is 1. The van der Waals surface area contributed by atoms with Gasteiger partial charge in [0.25, 0.3) is 0 Å². The predicted octanol–water partition coefficient (Wildman–Crippen LogP) is 4.50. The van der Waals surface area contributed by atoms with Gasteiger partial charge in [0.2, 0.25) is 0 Å². The summed E-state index contributed by atoms with van der Waals surface area (Å²) in [5, 5.41) is 7.57. The zero-order chi connectivity index (χ0) is 32.3. The fourth-order valence-electron chi connectivity index (χ4n) is 7.63. The number of aromatic nitrogens is 5. The largest absolute Gasteiger partial charge is 0.508 e. The van der Waals surface area contributed by atoms with E-state index in [4.69, 9.17) is 23.9 Å². The highest BCUT2D eigenvalue weighted by atomic mass is 19.1. The Morgan fingerprint density at radius 1 is 1.15 bits per heavy atom. The minimum atomic E-state index is -1.15. The molecular formula is C32H34F3N7O5. The molecule has 0 amide bonds. The Kier molecular flexibility index (Phi) is 7.35. The number of nitrogens with one attached hydrogen (secondary N) is 1. The van der Waals surface area contributed by atoms with Gasteiger partial charge in [-0.15, -0.1) is 0 Å². The van der Waals surface area contributed by atoms with Crippen LogP contribution in [0.5, 0.6) is 6.01 Å². The van der Waals surface area contributed by atoms with E-state index in [2.05, 4.69) is 25.1 Å². The van der Waals surface area contributed by atoms with Gasteiger partial charge < -0.3 is 23.8 Å². The van der Waals surface area contributed by atoms with Crippen LogP contribution in [0.1, 0.15) is 38.2 Å². The second-order valence-electron chi connectivity index (χ2n) is 13.1. The second kappa shape index (κ2) is 11.5. The van der Waals surface area contributed by atoms with Gasteiger partial charge >= 0.3 is 12.2 Å². The molecule has 4 aromatic rings. The number of carbonyl (C=O) groups is 1. The number of carbonyl (C=O) groups excluding carboxylic acids is 1. The van der Waals surface area contributed by atoms with Crippen LogP contribution >= 0.6 is 0 Å². The van der Waals surface area contributed by atoms with Crippen molar-refractivity contribution in [2.75, 3.05) is 57.5 Å². The van der Waals surface area contributed by atoms with Crippen molar-refractivity contribution in [1.82, 2.24) is 30.0 Å². The molecule has 12 nitrogen and oxygen atoms in total. The van der Waals surface area contributed by atoms with Crippen LogP contribution in [0.3, 0.4) is 0 Å². The third kappa shape index (κ3) is 5.29. The summed E-state index contributed by atoms with van der Waals surface area (Å²) in [6.07, 6.45) is 3.52. The summed E-state index contributed by atoms with van der Waals surface area (Å²) in [6, 6.07) is 1.21. The second-order valence-corrected chi connectivity index (χ2v) is 13.1. The summed E-state index contributed by atoms with van der Waals surface area (Å²) in [7, 11) is 0. The highest BCUT2D eigenvalue weighted by molar-refractivity contribution is 5.99. The number of hydrogen-bond donors (Lipinski definition) is 1. The fraction of sp³-hybridized carbons (Fsp3) is 0.531. The number of halogens is 3. The molecule has 0 saturated carbocycles. The molecule has 0 aliphatic carbocycles. The number of aromatic amines is 1. The highest BCUT2D eigenvalue weighted by Gasteiger charge is 2.49. The SMILES string of the molecule is CC12COCCN(C1)c1nc(OC[C@@]34CCCN3C[C@H](F)C4)nc3c(F)c(ncc13)-c1c(c(F)cc3[nH]ncc13)CCCOC(=O)O2. The molecule has 8 heterocycles. The first-order valence-corrected chi connectivity index (χ1v) is 15.9. The van der Waals surface area contributed by atoms with E-state index in [1.54, 1.807) is 6.92 Å². The first-order chi connectivity index (χ1) is 22.7. The lowest BCUT2D eigenvalue weighted by atomic mass is 9.95. The molecule has 3 saturated heterocycles. The summed E-state index contributed by atoms with van der Waals surface area (Å²) in [5.74, 6) is -1.06. The highest BCUT2D eigenvalue weighted by Crippen LogP contribution is 2.42. The number of rotatable bonds is 3. The molecule has 0 radical (unpaired) electrons. The molecule has 47 heavy (non-hydrogen) atoms. The summed E-state index contributed by atoms with van der Waals surface area (Å²) in [4.78, 5) is 30.6. The molecule has 1 N–H and O–H groups in total. The minimum Gasteiger partial charge on any atom is -0.461 e. The van der Waals surface area contributed by atoms with Crippen molar-refractivity contribution in [3.8, 4) is 17.3 Å². The Bertz CT molecular complexity index is 1880. The number of fused-ring (bicyclic) bond motifs is 8. The first kappa shape index (κ1) is 30.1. The average Bonchev–Trinajstić information content (AvgIpc) is 3.69. The van der Waals surface area contributed by atoms with Crippen LogP contribution in [0.15, 0.2) is 18.5 Å². The molecule has 15 heteroatoms. The summed E-state index contributed by atoms with van der Waals surface area (Å²) < 4.78 is 70.3. The molecule has 1 unspecified atom stereocenters. The van der Waals surface area contributed by atoms with Crippen molar-refractivity contribution in [2.45, 2.75) is 56.3 Å². The maximum Gasteiger partial charge on any atom is 0.508 e. The van der Waals surface area contributed by atoms with Crippen molar-refractivity contribution in [3.05, 3.63) is 35.7 Å². The van der Waals surface area contributed by atoms with Gasteiger partial charge in [-0.2, -0.15) is 15.1 Å². The lowest BCUT2D eigenvalue weighted by Crippen LogP contribution is -2.46. The number of alkyl halides is 1. The fourth-order valence-corrected chi connectivity index (χ4v) is 7.63. The molecule has 9 rings (SSSR count). The third-order valence-corrected chi connectivity index (χ3v) is 9.77. The van der Waals surface area contributed by atoms with E-state index in [1.165, 1.54) is 18.5 Å². The van der Waals surface area contributed by atoms with Crippen molar-refractivity contribution < 1.29 is 36.9 Å². The van der Waals surface area contributed by atoms with Gasteiger partial charge in [0.1, 0.15) is 35.6 Å². The molecule has 1 aromatic carbocycles. The van der Waals surface area contributed by atoms with E-state index in [1.807, 2.05) is 4.90 Å². The molecule has 3 fully saturated rings. The van der Waals surface area contributed by atoms with Crippen LogP contribution in [0.25, 0.3) is 33.1 Å². The quantitative estimate of drug-likeness (QED) is 0.314. The standard InChI is InChI=1S/C32H34F3N7O5/c1-31-15-41(7-9-44-16-31)28-21-12-36-27(24-19(4-2-8-45-30(43)47-31)22(34)10-23-20(24)13-37-40-23)25(35)26(21)38-29(39-28)46-17-32-5-3-6-42(32)14-18(33)11-32/h10,12-13,18H,2-9,11,14-17H2,1H3,(H,37,40)/t18-,31?,32+/m1/s1. The lowest BCUT2D eigenvalue weighted by Gasteiger charge is -2.33. The smallest absolute Gasteiger partial charge is 0.461 e. The summed E-state index contributed by atoms with van der Waals surface area (Å²) >= 11 is 0. The van der Waals surface area contributed by atoms with Gasteiger partial charge in [-0.1, -0.05) is 0 Å². The van der Waals surface area contributed by atoms with E-state index < -0.39 is 35.1 Å². The van der Waals surface area contributed by atoms with Crippen LogP contribution in [0.2, 0.25) is 0 Å². The van der Waals surface area contributed by atoms with E-state index in [0.717, 1.165) is 19.4 Å². The van der Waals surface area contributed by atoms with Gasteiger partial charge in [-0.05, 0) is 50.8 Å². The summed E-state index contributed by atoms with van der Waals surface area (Å²) in [6.45, 7) is 3.76. The normalized spacial score (nSPS) is 26.8. The average molecular weight is 654 g/mol. The van der Waals surface area contributed by atoms with Gasteiger partial charge in [0.05, 0.1) is 49.0 Å². The maximum absolute atomic E-state index is 17.0. The van der Waals surface area contributed by atoms with Crippen LogP contribution in [-0.2, 0) is 20.6 Å². The van der Waals surface area contributed by atoms with Crippen molar-refractivity contribution in [2.24, 2.45) is 0 Å². The van der Waals surface area contributed by atoms with Crippen LogP contribution in [0.4, 0.5) is 23.8 Å². The number of pyridine rings is 1. The van der Waals surface area contributed by atoms with Gasteiger partial charge in [0.15, 0.2) is 11.4 Å². The predicted molar refractivity (Wildman–Crippen MR) is 163 cm³/mol. The van der Waals surface area contributed by atoms with Gasteiger partial charge in [-0.3, -0.25) is 15.0 Å². The number of H-pyrrole nitrogens is 1. The topological polar surface area (TPSA) is 128 Å². The zero-order valence-corrected chi connectivity index (χ0v) is 25.9. The van der Waals surface area contributed by atoms with Gasteiger partial charge in [0, 0.05) is 36.7 Å². The Hall–Kier alpha value is -4.24. The monoisotopic (exact) mass is 653 g/mol. The minimum absolute atomic E-state index is 0.0539. The number of nitrogens with zero attached hydrogens (tertiary/aromatic N) is 6. The van der Waals surface area contributed by atoms with Crippen LogP contribution < -0.4 is 9.64 Å². The van der Waals surface area contributed by atoms with Crippen LogP contribution in [0, 0.1) is 11.6 Å².